The van der Waals surface area contributed by atoms with E-state index in [2.05, 4.69) is 12.2 Å². The zero-order valence-corrected chi connectivity index (χ0v) is 13.3. The Bertz CT molecular complexity index is 594. The van der Waals surface area contributed by atoms with Gasteiger partial charge in [0.05, 0.1) is 26.5 Å². The summed E-state index contributed by atoms with van der Waals surface area (Å²) in [5.41, 5.74) is 2.24. The third kappa shape index (κ3) is 4.02. The molecular formula is C17H23NO4. The predicted molar refractivity (Wildman–Crippen MR) is 84.3 cm³/mol. The first-order valence-corrected chi connectivity index (χ1v) is 7.33. The quantitative estimate of drug-likeness (QED) is 0.785. The molecule has 0 saturated heterocycles. The summed E-state index contributed by atoms with van der Waals surface area (Å²) in [5.74, 6) is 2.24. The van der Waals surface area contributed by atoms with Crippen LogP contribution in [0.4, 0.5) is 0 Å². The van der Waals surface area contributed by atoms with E-state index in [1.807, 2.05) is 31.2 Å². The van der Waals surface area contributed by atoms with Crippen molar-refractivity contribution in [2.75, 3.05) is 20.3 Å². The van der Waals surface area contributed by atoms with Crippen LogP contribution in [0.25, 0.3) is 0 Å². The highest BCUT2D eigenvalue weighted by molar-refractivity contribution is 5.43. The number of benzene rings is 1. The molecule has 5 nitrogen and oxygen atoms in total. The monoisotopic (exact) mass is 305 g/mol. The Morgan fingerprint density at radius 3 is 2.73 bits per heavy atom. The van der Waals surface area contributed by atoms with Crippen molar-refractivity contribution in [3.05, 3.63) is 47.4 Å². The standard InChI is InChI=1S/C17H23NO4/c1-12-6-8-21-17(12)11-18-13(2)14-4-5-15(22-9-7-19)16(10-14)20-3/h4-6,8,10,13,18-19H,7,9,11H2,1-3H3. The van der Waals surface area contributed by atoms with Crippen LogP contribution in [0.3, 0.4) is 0 Å². The number of methoxy groups -OCH3 is 1. The fourth-order valence-corrected chi connectivity index (χ4v) is 2.18. The first kappa shape index (κ1) is 16.4. The molecule has 0 aliphatic carbocycles. The molecule has 1 aromatic heterocycles. The van der Waals surface area contributed by atoms with Crippen LogP contribution < -0.4 is 14.8 Å². The Kier molecular flexibility index (Phi) is 5.86. The van der Waals surface area contributed by atoms with E-state index in [-0.39, 0.29) is 19.3 Å². The zero-order valence-electron chi connectivity index (χ0n) is 13.3. The first-order valence-electron chi connectivity index (χ1n) is 7.33. The highest BCUT2D eigenvalue weighted by Gasteiger charge is 2.11. The number of nitrogens with one attached hydrogen (secondary N) is 1. The maximum absolute atomic E-state index is 8.83. The molecule has 1 heterocycles. The van der Waals surface area contributed by atoms with Crippen molar-refractivity contribution < 1.29 is 19.0 Å². The molecule has 2 N–H and O–H groups in total. The molecule has 0 spiro atoms. The van der Waals surface area contributed by atoms with Crippen molar-refractivity contribution in [1.82, 2.24) is 5.32 Å². The number of aliphatic hydroxyl groups excluding tert-OH is 1. The Labute approximate surface area is 130 Å². The Hall–Kier alpha value is -1.98. The van der Waals surface area contributed by atoms with Crippen molar-refractivity contribution >= 4 is 0 Å². The molecule has 2 aromatic rings. The molecule has 120 valence electrons. The van der Waals surface area contributed by atoms with Crippen molar-refractivity contribution in [2.24, 2.45) is 0 Å². The summed E-state index contributed by atoms with van der Waals surface area (Å²) in [6, 6.07) is 7.89. The van der Waals surface area contributed by atoms with Gasteiger partial charge in [-0.05, 0) is 43.2 Å². The normalized spacial score (nSPS) is 12.2. The van der Waals surface area contributed by atoms with Crippen molar-refractivity contribution in [2.45, 2.75) is 26.4 Å². The van der Waals surface area contributed by atoms with Crippen LogP contribution in [-0.2, 0) is 6.54 Å². The summed E-state index contributed by atoms with van der Waals surface area (Å²) in [5, 5.41) is 12.3. The number of aryl methyl sites for hydroxylation is 1. The lowest BCUT2D eigenvalue weighted by molar-refractivity contribution is 0.196. The van der Waals surface area contributed by atoms with Crippen molar-refractivity contribution in [3.63, 3.8) is 0 Å². The summed E-state index contributed by atoms with van der Waals surface area (Å²) in [6.45, 7) is 5.01. The van der Waals surface area contributed by atoms with Crippen LogP contribution in [0.15, 0.2) is 34.9 Å². The zero-order chi connectivity index (χ0) is 15.9. The van der Waals surface area contributed by atoms with Gasteiger partial charge >= 0.3 is 0 Å². The molecule has 0 aliphatic heterocycles. The van der Waals surface area contributed by atoms with Crippen LogP contribution in [0.5, 0.6) is 11.5 Å². The summed E-state index contributed by atoms with van der Waals surface area (Å²) in [6.07, 6.45) is 1.70. The SMILES string of the molecule is COc1cc(C(C)NCc2occc2C)ccc1OCCO. The van der Waals surface area contributed by atoms with Crippen LogP contribution >= 0.6 is 0 Å². The molecule has 0 aliphatic rings. The molecule has 0 amide bonds. The number of hydrogen-bond acceptors (Lipinski definition) is 5. The summed E-state index contributed by atoms with van der Waals surface area (Å²) >= 11 is 0. The smallest absolute Gasteiger partial charge is 0.161 e. The molecule has 1 unspecified atom stereocenters. The van der Waals surface area contributed by atoms with Gasteiger partial charge in [-0.25, -0.2) is 0 Å². The second-order valence-corrected chi connectivity index (χ2v) is 5.11. The van der Waals surface area contributed by atoms with Crippen LogP contribution in [-0.4, -0.2) is 25.4 Å². The van der Waals surface area contributed by atoms with Gasteiger partial charge in [-0.3, -0.25) is 0 Å². The average molecular weight is 305 g/mol. The number of rotatable bonds is 8. The first-order chi connectivity index (χ1) is 10.7. The van der Waals surface area contributed by atoms with Gasteiger partial charge in [0.1, 0.15) is 12.4 Å². The lowest BCUT2D eigenvalue weighted by Crippen LogP contribution is -2.18. The minimum atomic E-state index is -0.0225. The maximum atomic E-state index is 8.83. The number of furan rings is 1. The van der Waals surface area contributed by atoms with Gasteiger partial charge in [0.25, 0.3) is 0 Å². The van der Waals surface area contributed by atoms with Crippen LogP contribution in [0, 0.1) is 6.92 Å². The average Bonchev–Trinajstić information content (AvgIpc) is 2.95. The third-order valence-corrected chi connectivity index (χ3v) is 3.57. The van der Waals surface area contributed by atoms with Crippen LogP contribution in [0.1, 0.15) is 29.9 Å². The third-order valence-electron chi connectivity index (χ3n) is 3.57. The minimum Gasteiger partial charge on any atom is -0.493 e. The molecule has 22 heavy (non-hydrogen) atoms. The fraction of sp³-hybridized carbons (Fsp3) is 0.412. The number of ether oxygens (including phenoxy) is 2. The summed E-state index contributed by atoms with van der Waals surface area (Å²) in [7, 11) is 1.61. The number of aliphatic hydroxyl groups is 1. The minimum absolute atomic E-state index is 0.0225. The highest BCUT2D eigenvalue weighted by atomic mass is 16.5. The van der Waals surface area contributed by atoms with E-state index in [4.69, 9.17) is 19.0 Å². The Morgan fingerprint density at radius 1 is 1.27 bits per heavy atom. The predicted octanol–water partition coefficient (Wildman–Crippen LogP) is 2.82. The molecule has 1 atom stereocenters. The largest absolute Gasteiger partial charge is 0.493 e. The highest BCUT2D eigenvalue weighted by Crippen LogP contribution is 2.30. The molecular weight excluding hydrogens is 282 g/mol. The van der Waals surface area contributed by atoms with E-state index in [1.54, 1.807) is 13.4 Å². The summed E-state index contributed by atoms with van der Waals surface area (Å²) in [4.78, 5) is 0. The molecule has 1 aromatic carbocycles. The molecule has 5 heteroatoms. The molecule has 0 radical (unpaired) electrons. The van der Waals surface area contributed by atoms with Gasteiger partial charge in [0.15, 0.2) is 11.5 Å². The maximum Gasteiger partial charge on any atom is 0.161 e. The van der Waals surface area contributed by atoms with E-state index in [0.29, 0.717) is 18.0 Å². The lowest BCUT2D eigenvalue weighted by atomic mass is 10.1. The lowest BCUT2D eigenvalue weighted by Gasteiger charge is -2.16. The van der Waals surface area contributed by atoms with E-state index in [9.17, 15) is 0 Å². The Balaban J connectivity index is 2.02. The van der Waals surface area contributed by atoms with E-state index in [1.165, 1.54) is 0 Å². The van der Waals surface area contributed by atoms with Gasteiger partial charge in [-0.2, -0.15) is 0 Å². The van der Waals surface area contributed by atoms with E-state index in [0.717, 1.165) is 16.9 Å². The molecule has 0 saturated carbocycles. The van der Waals surface area contributed by atoms with Crippen molar-refractivity contribution in [3.8, 4) is 11.5 Å². The fourth-order valence-electron chi connectivity index (χ4n) is 2.18. The summed E-state index contributed by atoms with van der Waals surface area (Å²) < 4.78 is 16.2. The van der Waals surface area contributed by atoms with E-state index < -0.39 is 0 Å². The topological polar surface area (TPSA) is 63.9 Å². The van der Waals surface area contributed by atoms with Gasteiger partial charge < -0.3 is 24.3 Å². The molecule has 0 bridgehead atoms. The second kappa shape index (κ2) is 7.87. The second-order valence-electron chi connectivity index (χ2n) is 5.11. The van der Waals surface area contributed by atoms with Crippen molar-refractivity contribution in [1.29, 1.82) is 0 Å². The van der Waals surface area contributed by atoms with Gasteiger partial charge in [0, 0.05) is 6.04 Å². The van der Waals surface area contributed by atoms with Gasteiger partial charge in [-0.1, -0.05) is 6.07 Å². The molecule has 0 fully saturated rings. The van der Waals surface area contributed by atoms with E-state index >= 15 is 0 Å². The molecule has 2 rings (SSSR count). The Morgan fingerprint density at radius 2 is 2.09 bits per heavy atom. The van der Waals surface area contributed by atoms with Gasteiger partial charge in [-0.15, -0.1) is 0 Å². The number of hydrogen-bond donors (Lipinski definition) is 2. The van der Waals surface area contributed by atoms with Crippen LogP contribution in [0.2, 0.25) is 0 Å². The van der Waals surface area contributed by atoms with Gasteiger partial charge in [0.2, 0.25) is 0 Å².